The van der Waals surface area contributed by atoms with E-state index in [1.807, 2.05) is 60.7 Å². The van der Waals surface area contributed by atoms with E-state index in [9.17, 15) is 24.0 Å². The largest absolute Gasteiger partial charge is 0.514 e. The number of nitrogens with zero attached hydrogens (tertiary/aromatic N) is 2. The number of hydrogen-bond acceptors (Lipinski definition) is 10. The number of thioether (sulfide) groups is 1. The van der Waals surface area contributed by atoms with Gasteiger partial charge in [-0.3, -0.25) is 14.5 Å². The maximum absolute atomic E-state index is 14.4. The van der Waals surface area contributed by atoms with E-state index in [0.29, 0.717) is 29.8 Å². The number of benzene rings is 3. The Morgan fingerprint density at radius 1 is 0.833 bits per heavy atom. The number of carbonyl (C=O) groups excluding carboxylic acids is 5. The normalized spacial score (nSPS) is 19.4. The van der Waals surface area contributed by atoms with Crippen molar-refractivity contribution in [2.45, 2.75) is 76.7 Å². The standard InChI is InChI=1S/C41H43N3O9S/c1-40(2,3)52-38(48)42-31-35(46)44-32(37(47)51-33(25-13-9-7-10-14-25)26-15-11-8-12-16-26)28(24-54-36(31)44)23-27-21-22-43(34(27)45)29-17-19-30(20-18-29)50-39(49)53-41(4,5)6/h7-20,23,31,33,36H,21-22,24H2,1-6H3,(H,42,48)/t31-,36-/m1/s1. The Balaban J connectivity index is 1.28. The lowest BCUT2D eigenvalue weighted by Gasteiger charge is -2.49. The Labute approximate surface area is 318 Å². The van der Waals surface area contributed by atoms with E-state index in [1.165, 1.54) is 16.7 Å². The molecule has 13 heteroatoms. The van der Waals surface area contributed by atoms with Crippen molar-refractivity contribution in [1.82, 2.24) is 10.2 Å². The van der Waals surface area contributed by atoms with E-state index < -0.39 is 52.8 Å². The first kappa shape index (κ1) is 38.2. The smallest absolute Gasteiger partial charge is 0.448 e. The van der Waals surface area contributed by atoms with Crippen molar-refractivity contribution in [2.24, 2.45) is 0 Å². The summed E-state index contributed by atoms with van der Waals surface area (Å²) in [4.78, 5) is 69.6. The molecule has 12 nitrogen and oxygen atoms in total. The van der Waals surface area contributed by atoms with E-state index in [2.05, 4.69) is 5.32 Å². The zero-order valence-electron chi connectivity index (χ0n) is 31.0. The molecule has 0 saturated carbocycles. The van der Waals surface area contributed by atoms with Crippen molar-refractivity contribution in [3.8, 4) is 5.75 Å². The predicted octanol–water partition coefficient (Wildman–Crippen LogP) is 7.06. The van der Waals surface area contributed by atoms with Crippen LogP contribution in [0, 0.1) is 0 Å². The van der Waals surface area contributed by atoms with Gasteiger partial charge in [0.2, 0.25) is 0 Å². The van der Waals surface area contributed by atoms with E-state index in [4.69, 9.17) is 18.9 Å². The molecule has 3 aromatic rings. The van der Waals surface area contributed by atoms with Crippen LogP contribution in [-0.4, -0.2) is 69.8 Å². The number of anilines is 1. The molecule has 3 aliphatic rings. The number of carbonyl (C=O) groups is 5. The average molecular weight is 754 g/mol. The predicted molar refractivity (Wildman–Crippen MR) is 202 cm³/mol. The van der Waals surface area contributed by atoms with Crippen LogP contribution in [-0.2, 0) is 28.6 Å². The van der Waals surface area contributed by atoms with Gasteiger partial charge in [-0.05, 0) is 95.0 Å². The molecule has 2 fully saturated rings. The molecule has 1 N–H and O–H groups in total. The number of amides is 3. The maximum atomic E-state index is 14.4. The third-order valence-corrected chi connectivity index (χ3v) is 9.81. The second-order valence-electron chi connectivity index (χ2n) is 15.0. The van der Waals surface area contributed by atoms with Crippen LogP contribution in [0.5, 0.6) is 5.75 Å². The Morgan fingerprint density at radius 2 is 1.43 bits per heavy atom. The van der Waals surface area contributed by atoms with Crippen LogP contribution in [0.4, 0.5) is 15.3 Å². The number of allylic oxidation sites excluding steroid dienone is 1. The molecule has 2 saturated heterocycles. The van der Waals surface area contributed by atoms with Crippen LogP contribution < -0.4 is 15.0 Å². The fraction of sp³-hybridized carbons (Fsp3) is 0.341. The summed E-state index contributed by atoms with van der Waals surface area (Å²) < 4.78 is 22.1. The lowest BCUT2D eigenvalue weighted by Crippen LogP contribution is -2.70. The molecule has 3 aliphatic heterocycles. The van der Waals surface area contributed by atoms with Gasteiger partial charge in [-0.2, -0.15) is 0 Å². The molecular weight excluding hydrogens is 711 g/mol. The second kappa shape index (κ2) is 15.4. The molecule has 6 rings (SSSR count). The lowest BCUT2D eigenvalue weighted by atomic mass is 10.00. The Morgan fingerprint density at radius 3 is 2.00 bits per heavy atom. The van der Waals surface area contributed by atoms with Gasteiger partial charge in [0.25, 0.3) is 11.8 Å². The first-order valence-corrected chi connectivity index (χ1v) is 18.6. The zero-order valence-corrected chi connectivity index (χ0v) is 31.8. The van der Waals surface area contributed by atoms with Crippen LogP contribution in [0.15, 0.2) is 108 Å². The van der Waals surface area contributed by atoms with Gasteiger partial charge >= 0.3 is 18.2 Å². The lowest BCUT2D eigenvalue weighted by molar-refractivity contribution is -0.153. The van der Waals surface area contributed by atoms with Crippen molar-refractivity contribution in [3.63, 3.8) is 0 Å². The van der Waals surface area contributed by atoms with E-state index in [-0.39, 0.29) is 23.1 Å². The van der Waals surface area contributed by atoms with Crippen molar-refractivity contribution in [2.75, 3.05) is 17.2 Å². The van der Waals surface area contributed by atoms with E-state index >= 15 is 0 Å². The highest BCUT2D eigenvalue weighted by molar-refractivity contribution is 8.00. The maximum Gasteiger partial charge on any atom is 0.514 e. The van der Waals surface area contributed by atoms with Crippen molar-refractivity contribution in [1.29, 1.82) is 0 Å². The molecule has 3 amide bonds. The van der Waals surface area contributed by atoms with Crippen LogP contribution >= 0.6 is 11.8 Å². The minimum absolute atomic E-state index is 0.0187. The highest BCUT2D eigenvalue weighted by Gasteiger charge is 2.55. The molecule has 3 aromatic carbocycles. The molecule has 2 atom stereocenters. The Hall–Kier alpha value is -5.56. The highest BCUT2D eigenvalue weighted by Crippen LogP contribution is 2.43. The number of rotatable bonds is 8. The van der Waals surface area contributed by atoms with Gasteiger partial charge in [0.05, 0.1) is 0 Å². The number of ether oxygens (including phenoxy) is 4. The van der Waals surface area contributed by atoms with Crippen LogP contribution in [0.2, 0.25) is 0 Å². The molecule has 0 aliphatic carbocycles. The minimum Gasteiger partial charge on any atom is -0.448 e. The van der Waals surface area contributed by atoms with Crippen LogP contribution in [0.1, 0.15) is 65.2 Å². The number of hydrogen-bond donors (Lipinski definition) is 1. The molecule has 0 unspecified atom stereocenters. The van der Waals surface area contributed by atoms with E-state index in [0.717, 1.165) is 11.1 Å². The zero-order chi connectivity index (χ0) is 38.8. The van der Waals surface area contributed by atoms with Gasteiger partial charge in [0, 0.05) is 23.6 Å². The number of fused-ring (bicyclic) bond motifs is 1. The van der Waals surface area contributed by atoms with E-state index in [1.54, 1.807) is 76.8 Å². The summed E-state index contributed by atoms with van der Waals surface area (Å²) in [6.45, 7) is 10.8. The molecule has 3 heterocycles. The van der Waals surface area contributed by atoms with Gasteiger partial charge in [0.1, 0.15) is 34.1 Å². The number of nitrogens with one attached hydrogen (secondary N) is 1. The van der Waals surface area contributed by atoms with Crippen molar-refractivity contribution in [3.05, 3.63) is 119 Å². The van der Waals surface area contributed by atoms with Crippen molar-refractivity contribution < 1.29 is 42.9 Å². The minimum atomic E-state index is -0.924. The summed E-state index contributed by atoms with van der Waals surface area (Å²) in [6, 6.07) is 24.2. The third kappa shape index (κ3) is 8.79. The molecule has 0 spiro atoms. The monoisotopic (exact) mass is 753 g/mol. The molecule has 282 valence electrons. The van der Waals surface area contributed by atoms with Crippen LogP contribution in [0.3, 0.4) is 0 Å². The number of β-lactam (4-membered cyclic amide) rings is 1. The van der Waals surface area contributed by atoms with Crippen molar-refractivity contribution >= 4 is 47.5 Å². The summed E-state index contributed by atoms with van der Waals surface area (Å²) in [5, 5.41) is 2.06. The van der Waals surface area contributed by atoms with Gasteiger partial charge < -0.3 is 29.2 Å². The molecule has 0 aromatic heterocycles. The SMILES string of the molecule is CC(C)(C)OC(=O)N[C@@H]1C(=O)N2C(C(=O)OC(c3ccccc3)c3ccccc3)=C(C=C3CCN(c4ccc(OC(=O)OC(C)(C)C)cc4)C3=O)CS[C@H]12. The first-order valence-electron chi connectivity index (χ1n) is 17.6. The summed E-state index contributed by atoms with van der Waals surface area (Å²) in [6.07, 6.45) is -0.310. The number of esters is 1. The fourth-order valence-electron chi connectivity index (χ4n) is 6.19. The fourth-order valence-corrected chi connectivity index (χ4v) is 7.50. The van der Waals surface area contributed by atoms with Crippen LogP contribution in [0.25, 0.3) is 0 Å². The van der Waals surface area contributed by atoms with Gasteiger partial charge in [0.15, 0.2) is 6.10 Å². The third-order valence-electron chi connectivity index (χ3n) is 8.51. The summed E-state index contributed by atoms with van der Waals surface area (Å²) in [7, 11) is 0. The topological polar surface area (TPSA) is 141 Å². The molecule has 54 heavy (non-hydrogen) atoms. The summed E-state index contributed by atoms with van der Waals surface area (Å²) in [5.41, 5.74) is 1.51. The summed E-state index contributed by atoms with van der Waals surface area (Å²) >= 11 is 1.37. The Kier molecular flexibility index (Phi) is 10.9. The quantitative estimate of drug-likeness (QED) is 0.0836. The highest BCUT2D eigenvalue weighted by atomic mass is 32.2. The molecular formula is C41H43N3O9S. The van der Waals surface area contributed by atoms with Gasteiger partial charge in [-0.25, -0.2) is 14.4 Å². The van der Waals surface area contributed by atoms with Gasteiger partial charge in [-0.15, -0.1) is 11.8 Å². The average Bonchev–Trinajstić information content (AvgIpc) is 3.47. The summed E-state index contributed by atoms with van der Waals surface area (Å²) in [5.74, 6) is -0.975. The second-order valence-corrected chi connectivity index (χ2v) is 16.1. The Bertz CT molecular complexity index is 1940. The molecule has 0 radical (unpaired) electrons. The number of alkyl carbamates (subject to hydrolysis) is 1. The molecule has 0 bridgehead atoms. The van der Waals surface area contributed by atoms with Gasteiger partial charge in [-0.1, -0.05) is 60.7 Å². The first-order chi connectivity index (χ1) is 25.6.